The van der Waals surface area contributed by atoms with Gasteiger partial charge in [-0.1, -0.05) is 25.8 Å². The van der Waals surface area contributed by atoms with Gasteiger partial charge in [0.05, 0.1) is 4.90 Å². The Balaban J connectivity index is 2.33. The molecule has 1 aromatic carbocycles. The average molecular weight is 365 g/mol. The fourth-order valence-corrected chi connectivity index (χ4v) is 4.06. The van der Waals surface area contributed by atoms with Gasteiger partial charge < -0.3 is 16.2 Å². The Morgan fingerprint density at radius 3 is 2.80 bits per heavy atom. The lowest BCUT2D eigenvalue weighted by atomic mass is 10.1. The summed E-state index contributed by atoms with van der Waals surface area (Å²) in [6.45, 7) is 2.25. The molecule has 0 bridgehead atoms. The van der Waals surface area contributed by atoms with Crippen LogP contribution in [0.2, 0.25) is 0 Å². The monoisotopic (exact) mass is 365 g/mol. The number of sulfonamides is 1. The van der Waals surface area contributed by atoms with Crippen LogP contribution in [0.3, 0.4) is 0 Å². The van der Waals surface area contributed by atoms with Crippen molar-refractivity contribution in [3.63, 3.8) is 0 Å². The van der Waals surface area contributed by atoms with Gasteiger partial charge in [-0.05, 0) is 24.6 Å². The molecule has 1 aromatic heterocycles. The van der Waals surface area contributed by atoms with E-state index < -0.39 is 16.1 Å². The van der Waals surface area contributed by atoms with Crippen molar-refractivity contribution in [2.75, 3.05) is 6.54 Å². The summed E-state index contributed by atoms with van der Waals surface area (Å²) >= 11 is 0. The molecule has 0 radical (unpaired) electrons. The third-order valence-electron chi connectivity index (χ3n) is 3.80. The van der Waals surface area contributed by atoms with Crippen LogP contribution in [0.4, 0.5) is 0 Å². The number of aromatic nitrogens is 1. The number of nitrogens with one attached hydrogen (secondary N) is 3. The van der Waals surface area contributed by atoms with Gasteiger partial charge in [0.25, 0.3) is 0 Å². The smallest absolute Gasteiger partial charge is 0.241 e. The summed E-state index contributed by atoms with van der Waals surface area (Å²) in [6.07, 6.45) is 3.75. The molecule has 25 heavy (non-hydrogen) atoms. The summed E-state index contributed by atoms with van der Waals surface area (Å²) in [6, 6.07) is 5.81. The van der Waals surface area contributed by atoms with Gasteiger partial charge in [0.15, 0.2) is 5.96 Å². The first-order valence-corrected chi connectivity index (χ1v) is 9.50. The molecule has 0 aliphatic carbocycles. The highest BCUT2D eigenvalue weighted by atomic mass is 32.2. The number of benzene rings is 1. The number of nitrogens with zero attached hydrogens (tertiary/aromatic N) is 1. The Morgan fingerprint density at radius 2 is 2.12 bits per heavy atom. The maximum atomic E-state index is 12.8. The number of pyridine rings is 1. The Labute approximate surface area is 147 Å². The number of guanidine groups is 1. The van der Waals surface area contributed by atoms with Crippen LogP contribution in [0.25, 0.3) is 10.8 Å². The highest BCUT2D eigenvalue weighted by Gasteiger charge is 2.22. The predicted octanol–water partition coefficient (Wildman–Crippen LogP) is 1.26. The maximum Gasteiger partial charge on any atom is 0.241 e. The second-order valence-corrected chi connectivity index (χ2v) is 7.42. The first-order valence-electron chi connectivity index (χ1n) is 8.02. The zero-order valence-electron chi connectivity index (χ0n) is 14.0. The molecule has 1 unspecified atom stereocenters. The molecule has 2 rings (SSSR count). The van der Waals surface area contributed by atoms with Crippen LogP contribution >= 0.6 is 0 Å². The molecule has 1 atom stereocenters. The third-order valence-corrected chi connectivity index (χ3v) is 5.38. The highest BCUT2D eigenvalue weighted by molar-refractivity contribution is 7.89. The van der Waals surface area contributed by atoms with Gasteiger partial charge in [0.2, 0.25) is 15.9 Å². The van der Waals surface area contributed by atoms with Crippen LogP contribution in [-0.4, -0.2) is 37.1 Å². The van der Waals surface area contributed by atoms with Crippen LogP contribution in [0, 0.1) is 5.41 Å². The second kappa shape index (κ2) is 8.13. The Hall–Kier alpha value is -2.39. The molecule has 2 aromatic rings. The number of rotatable bonds is 8. The minimum Gasteiger partial charge on any atom is -0.493 e. The Morgan fingerprint density at radius 1 is 1.36 bits per heavy atom. The van der Waals surface area contributed by atoms with Crippen molar-refractivity contribution in [3.05, 3.63) is 30.5 Å². The molecule has 0 saturated heterocycles. The second-order valence-electron chi connectivity index (χ2n) is 5.74. The van der Waals surface area contributed by atoms with E-state index in [0.29, 0.717) is 17.2 Å². The topological polar surface area (TPSA) is 141 Å². The number of unbranched alkanes of at least 4 members (excludes halogenated alkanes) is 1. The van der Waals surface area contributed by atoms with Crippen LogP contribution in [-0.2, 0) is 10.0 Å². The number of hydrogen-bond donors (Lipinski definition) is 5. The summed E-state index contributed by atoms with van der Waals surface area (Å²) in [5.41, 5.74) is 5.30. The van der Waals surface area contributed by atoms with E-state index >= 15 is 0 Å². The minimum absolute atomic E-state index is 0.0759. The normalized spacial score (nSPS) is 12.8. The standard InChI is InChI=1S/C16H23N5O3S/c1-2-3-5-11(10-20-16(17)18)21-25(23,24)14-7-4-6-13-12(14)8-9-19-15(13)22/h4,6-9,11,21H,2-3,5,10H2,1H3,(H,19,22)(H4,17,18,20). The van der Waals surface area contributed by atoms with Crippen molar-refractivity contribution in [2.45, 2.75) is 37.1 Å². The maximum absolute atomic E-state index is 12.8. The van der Waals surface area contributed by atoms with Crippen molar-refractivity contribution in [1.29, 1.82) is 5.41 Å². The summed E-state index contributed by atoms with van der Waals surface area (Å²) in [5, 5.41) is 20.5. The first kappa shape index (κ1) is 18.9. The zero-order valence-corrected chi connectivity index (χ0v) is 14.8. The Kier molecular flexibility index (Phi) is 6.16. The van der Waals surface area contributed by atoms with Crippen molar-refractivity contribution >= 4 is 26.8 Å². The molecule has 0 amide bonds. The minimum atomic E-state index is -3.82. The van der Waals surface area contributed by atoms with E-state index in [9.17, 15) is 13.5 Å². The Bertz CT molecular complexity index is 854. The molecule has 9 heteroatoms. The van der Waals surface area contributed by atoms with Crippen molar-refractivity contribution in [2.24, 2.45) is 5.73 Å². The SMILES string of the molecule is CCCCC(CNC(=N)N)NS(=O)(=O)c1cccc2c(O)nccc12. The van der Waals surface area contributed by atoms with Gasteiger partial charge in [-0.3, -0.25) is 5.41 Å². The molecule has 0 spiro atoms. The van der Waals surface area contributed by atoms with Crippen molar-refractivity contribution in [3.8, 4) is 5.88 Å². The van der Waals surface area contributed by atoms with Gasteiger partial charge in [0, 0.05) is 29.6 Å². The summed E-state index contributed by atoms with van der Waals surface area (Å²) < 4.78 is 28.4. The van der Waals surface area contributed by atoms with E-state index in [-0.39, 0.29) is 23.3 Å². The van der Waals surface area contributed by atoms with E-state index in [1.165, 1.54) is 12.3 Å². The molecular formula is C16H23N5O3S. The number of hydrogen-bond acceptors (Lipinski definition) is 5. The molecule has 6 N–H and O–H groups in total. The predicted molar refractivity (Wildman–Crippen MR) is 97.0 cm³/mol. The first-order chi connectivity index (χ1) is 11.8. The van der Waals surface area contributed by atoms with Gasteiger partial charge in [-0.2, -0.15) is 0 Å². The molecular weight excluding hydrogens is 342 g/mol. The molecule has 0 aliphatic heterocycles. The van der Waals surface area contributed by atoms with Crippen LogP contribution in [0.1, 0.15) is 26.2 Å². The molecule has 0 aliphatic rings. The quantitative estimate of drug-likeness (QED) is 0.352. The van der Waals surface area contributed by atoms with E-state index in [1.54, 1.807) is 18.2 Å². The van der Waals surface area contributed by atoms with Crippen molar-refractivity contribution < 1.29 is 13.5 Å². The van der Waals surface area contributed by atoms with Gasteiger partial charge >= 0.3 is 0 Å². The van der Waals surface area contributed by atoms with Crippen LogP contribution < -0.4 is 15.8 Å². The number of nitrogens with two attached hydrogens (primary N) is 1. The lowest BCUT2D eigenvalue weighted by molar-refractivity contribution is 0.460. The largest absolute Gasteiger partial charge is 0.493 e. The van der Waals surface area contributed by atoms with Crippen LogP contribution in [0.5, 0.6) is 5.88 Å². The fraction of sp³-hybridized carbons (Fsp3) is 0.375. The molecule has 0 fully saturated rings. The zero-order chi connectivity index (χ0) is 18.4. The van der Waals surface area contributed by atoms with Crippen molar-refractivity contribution in [1.82, 2.24) is 15.0 Å². The molecule has 0 saturated carbocycles. The van der Waals surface area contributed by atoms with Crippen LogP contribution in [0.15, 0.2) is 35.4 Å². The van der Waals surface area contributed by atoms with Gasteiger partial charge in [-0.25, -0.2) is 18.1 Å². The lowest BCUT2D eigenvalue weighted by Gasteiger charge is -2.20. The molecule has 8 nitrogen and oxygen atoms in total. The summed E-state index contributed by atoms with van der Waals surface area (Å²) in [4.78, 5) is 3.85. The third kappa shape index (κ3) is 4.80. The van der Waals surface area contributed by atoms with E-state index in [2.05, 4.69) is 15.0 Å². The summed E-state index contributed by atoms with van der Waals surface area (Å²) in [5.74, 6) is -0.419. The molecule has 136 valence electrons. The van der Waals surface area contributed by atoms with Gasteiger partial charge in [-0.15, -0.1) is 0 Å². The average Bonchev–Trinajstić information content (AvgIpc) is 2.57. The number of aromatic hydroxyl groups is 1. The van der Waals surface area contributed by atoms with E-state index in [4.69, 9.17) is 11.1 Å². The molecule has 1 heterocycles. The van der Waals surface area contributed by atoms with E-state index in [0.717, 1.165) is 12.8 Å². The van der Waals surface area contributed by atoms with E-state index in [1.807, 2.05) is 6.92 Å². The number of fused-ring (bicyclic) bond motifs is 1. The highest BCUT2D eigenvalue weighted by Crippen LogP contribution is 2.27. The van der Waals surface area contributed by atoms with Gasteiger partial charge in [0.1, 0.15) is 0 Å². The summed E-state index contributed by atoms with van der Waals surface area (Å²) in [7, 11) is -3.82. The fourth-order valence-electron chi connectivity index (χ4n) is 2.57. The lowest BCUT2D eigenvalue weighted by Crippen LogP contribution is -2.45.